The molecule has 2 heterocycles. The van der Waals surface area contributed by atoms with E-state index < -0.39 is 10.0 Å². The van der Waals surface area contributed by atoms with Crippen LogP contribution in [0.4, 0.5) is 0 Å². The summed E-state index contributed by atoms with van der Waals surface area (Å²) in [6.45, 7) is 2.79. The van der Waals surface area contributed by atoms with E-state index in [1.165, 1.54) is 6.07 Å². The normalized spacial score (nSPS) is 11.9. The number of hydrogen-bond donors (Lipinski definition) is 3. The minimum Gasteiger partial charge on any atom is -0.390 e. The highest BCUT2D eigenvalue weighted by Gasteiger charge is 2.17. The molecule has 0 spiro atoms. The molecule has 8 heteroatoms. The second-order valence-electron chi connectivity index (χ2n) is 4.74. The Morgan fingerprint density at radius 2 is 2.29 bits per heavy atom. The van der Waals surface area contributed by atoms with Crippen molar-refractivity contribution in [3.05, 3.63) is 36.2 Å². The first-order valence-corrected chi connectivity index (χ1v) is 8.32. The molecular weight excluding hydrogens is 292 g/mol. The number of sulfonamides is 1. The second-order valence-corrected chi connectivity index (χ2v) is 6.51. The highest BCUT2D eigenvalue weighted by Crippen LogP contribution is 2.15. The summed E-state index contributed by atoms with van der Waals surface area (Å²) in [5.74, 6) is 0. The quantitative estimate of drug-likeness (QED) is 0.666. The van der Waals surface area contributed by atoms with Gasteiger partial charge in [-0.2, -0.15) is 0 Å². The molecule has 0 aliphatic heterocycles. The third kappa shape index (κ3) is 3.93. The molecule has 0 atom stereocenters. The molecule has 2 aromatic rings. The van der Waals surface area contributed by atoms with E-state index in [1.54, 1.807) is 23.3 Å². The molecule has 0 amide bonds. The predicted molar refractivity (Wildman–Crippen MR) is 78.1 cm³/mol. The summed E-state index contributed by atoms with van der Waals surface area (Å²) < 4.78 is 28.7. The molecule has 0 aromatic carbocycles. The Morgan fingerprint density at radius 1 is 1.48 bits per heavy atom. The smallest absolute Gasteiger partial charge is 0.242 e. The van der Waals surface area contributed by atoms with Crippen LogP contribution in [0.1, 0.15) is 24.7 Å². The van der Waals surface area contributed by atoms with Gasteiger partial charge in [-0.25, -0.2) is 18.1 Å². The monoisotopic (exact) mass is 312 g/mol. The first-order valence-electron chi connectivity index (χ1n) is 6.83. The van der Waals surface area contributed by atoms with E-state index in [0.29, 0.717) is 18.7 Å². The largest absolute Gasteiger partial charge is 0.390 e. The van der Waals surface area contributed by atoms with Gasteiger partial charge in [-0.3, -0.25) is 0 Å². The molecule has 0 saturated heterocycles. The zero-order valence-corrected chi connectivity index (χ0v) is 12.7. The molecule has 0 aliphatic rings. The number of aromatic amines is 1. The van der Waals surface area contributed by atoms with E-state index in [0.717, 1.165) is 12.1 Å². The first kappa shape index (κ1) is 15.7. The molecule has 116 valence electrons. The van der Waals surface area contributed by atoms with E-state index in [-0.39, 0.29) is 18.0 Å². The Bertz CT molecular complexity index is 662. The maximum atomic E-state index is 12.2. The van der Waals surface area contributed by atoms with E-state index in [4.69, 9.17) is 0 Å². The Morgan fingerprint density at radius 3 is 2.90 bits per heavy atom. The fraction of sp³-hybridized carbons (Fsp3) is 0.462. The Hall–Kier alpha value is -1.64. The summed E-state index contributed by atoms with van der Waals surface area (Å²) in [5, 5.41) is 9.28. The van der Waals surface area contributed by atoms with Gasteiger partial charge >= 0.3 is 0 Å². The standard InChI is InChI=1S/C13H20N4O3S/c1-2-5-17-8-13(6-12(17)9-18)21(19,20)16-4-3-11-7-14-10-15-11/h6-8,10,16,18H,2-5,9H2,1H3,(H,14,15). The Balaban J connectivity index is 2.04. The van der Waals surface area contributed by atoms with Gasteiger partial charge in [-0.15, -0.1) is 0 Å². The molecule has 0 unspecified atom stereocenters. The predicted octanol–water partition coefficient (Wildman–Crippen LogP) is 0.634. The minimum absolute atomic E-state index is 0.177. The fourth-order valence-electron chi connectivity index (χ4n) is 2.08. The van der Waals surface area contributed by atoms with Crippen molar-refractivity contribution in [2.24, 2.45) is 0 Å². The summed E-state index contributed by atoms with van der Waals surface area (Å²) in [7, 11) is -3.56. The van der Waals surface area contributed by atoms with Crippen LogP contribution in [0.15, 0.2) is 29.7 Å². The van der Waals surface area contributed by atoms with Crippen LogP contribution in [0.2, 0.25) is 0 Å². The van der Waals surface area contributed by atoms with Gasteiger partial charge in [0.05, 0.1) is 17.8 Å². The van der Waals surface area contributed by atoms with Gasteiger partial charge < -0.3 is 14.7 Å². The van der Waals surface area contributed by atoms with Gasteiger partial charge in [0.2, 0.25) is 10.0 Å². The van der Waals surface area contributed by atoms with Crippen molar-refractivity contribution in [1.29, 1.82) is 0 Å². The lowest BCUT2D eigenvalue weighted by molar-refractivity contribution is 0.270. The van der Waals surface area contributed by atoms with Crippen LogP contribution in [0.25, 0.3) is 0 Å². The third-order valence-corrected chi connectivity index (χ3v) is 4.57. The lowest BCUT2D eigenvalue weighted by atomic mass is 10.3. The average molecular weight is 312 g/mol. The number of nitrogens with one attached hydrogen (secondary N) is 2. The van der Waals surface area contributed by atoms with Crippen LogP contribution >= 0.6 is 0 Å². The Labute approximate surface area is 124 Å². The summed E-state index contributed by atoms with van der Waals surface area (Å²) in [6.07, 6.45) is 6.20. The van der Waals surface area contributed by atoms with E-state index in [1.807, 2.05) is 6.92 Å². The van der Waals surface area contributed by atoms with Crippen molar-refractivity contribution in [3.63, 3.8) is 0 Å². The number of aryl methyl sites for hydroxylation is 1. The summed E-state index contributed by atoms with van der Waals surface area (Å²) in [5.41, 5.74) is 1.48. The zero-order valence-electron chi connectivity index (χ0n) is 11.9. The minimum atomic E-state index is -3.56. The number of rotatable bonds is 8. The maximum Gasteiger partial charge on any atom is 0.242 e. The van der Waals surface area contributed by atoms with Crippen LogP contribution in [0.5, 0.6) is 0 Å². The van der Waals surface area contributed by atoms with Crippen molar-refractivity contribution >= 4 is 10.0 Å². The molecule has 0 saturated carbocycles. The maximum absolute atomic E-state index is 12.2. The second kappa shape index (κ2) is 6.88. The van der Waals surface area contributed by atoms with Gasteiger partial charge in [0.15, 0.2) is 0 Å². The highest BCUT2D eigenvalue weighted by atomic mass is 32.2. The lowest BCUT2D eigenvalue weighted by Gasteiger charge is -2.04. The SMILES string of the molecule is CCCn1cc(S(=O)(=O)NCCc2cnc[nH]2)cc1CO. The zero-order chi connectivity index (χ0) is 15.3. The molecule has 0 bridgehead atoms. The number of aliphatic hydroxyl groups excluding tert-OH is 1. The number of imidazole rings is 1. The molecule has 7 nitrogen and oxygen atoms in total. The first-order chi connectivity index (χ1) is 10.1. The van der Waals surface area contributed by atoms with Crippen LogP contribution in [0.3, 0.4) is 0 Å². The average Bonchev–Trinajstić information content (AvgIpc) is 3.08. The fourth-order valence-corrected chi connectivity index (χ4v) is 3.17. The van der Waals surface area contributed by atoms with E-state index in [2.05, 4.69) is 14.7 Å². The van der Waals surface area contributed by atoms with E-state index in [9.17, 15) is 13.5 Å². The van der Waals surface area contributed by atoms with Crippen molar-refractivity contribution in [2.45, 2.75) is 37.8 Å². The topological polar surface area (TPSA) is 100 Å². The van der Waals surface area contributed by atoms with Gasteiger partial charge in [-0.05, 0) is 12.5 Å². The molecular formula is C13H20N4O3S. The van der Waals surface area contributed by atoms with Crippen LogP contribution < -0.4 is 4.72 Å². The summed E-state index contributed by atoms with van der Waals surface area (Å²) >= 11 is 0. The molecule has 0 radical (unpaired) electrons. The molecule has 0 aliphatic carbocycles. The third-order valence-electron chi connectivity index (χ3n) is 3.14. The van der Waals surface area contributed by atoms with Gasteiger partial charge in [0.25, 0.3) is 0 Å². The number of hydrogen-bond acceptors (Lipinski definition) is 4. The van der Waals surface area contributed by atoms with Crippen molar-refractivity contribution in [3.8, 4) is 0 Å². The van der Waals surface area contributed by atoms with Crippen molar-refractivity contribution in [2.75, 3.05) is 6.54 Å². The molecule has 2 rings (SSSR count). The Kier molecular flexibility index (Phi) is 5.16. The van der Waals surface area contributed by atoms with E-state index >= 15 is 0 Å². The number of H-pyrrole nitrogens is 1. The van der Waals surface area contributed by atoms with Crippen LogP contribution in [-0.4, -0.2) is 34.6 Å². The van der Waals surface area contributed by atoms with Gasteiger partial charge in [-0.1, -0.05) is 6.92 Å². The highest BCUT2D eigenvalue weighted by molar-refractivity contribution is 7.89. The summed E-state index contributed by atoms with van der Waals surface area (Å²) in [6, 6.07) is 1.51. The number of aromatic nitrogens is 3. The van der Waals surface area contributed by atoms with Gasteiger partial charge in [0, 0.05) is 43.3 Å². The molecule has 3 N–H and O–H groups in total. The molecule has 2 aromatic heterocycles. The molecule has 21 heavy (non-hydrogen) atoms. The van der Waals surface area contributed by atoms with Crippen molar-refractivity contribution in [1.82, 2.24) is 19.3 Å². The number of nitrogens with zero attached hydrogens (tertiary/aromatic N) is 2. The number of aliphatic hydroxyl groups is 1. The molecule has 0 fully saturated rings. The van der Waals surface area contributed by atoms with Gasteiger partial charge in [0.1, 0.15) is 0 Å². The van der Waals surface area contributed by atoms with Crippen LogP contribution in [0, 0.1) is 0 Å². The summed E-state index contributed by atoms with van der Waals surface area (Å²) in [4.78, 5) is 6.98. The van der Waals surface area contributed by atoms with Crippen LogP contribution in [-0.2, 0) is 29.6 Å². The van der Waals surface area contributed by atoms with Crippen molar-refractivity contribution < 1.29 is 13.5 Å². The lowest BCUT2D eigenvalue weighted by Crippen LogP contribution is -2.25.